The molecule has 0 radical (unpaired) electrons. The Morgan fingerprint density at radius 2 is 1.59 bits per heavy atom. The molecular formula is C30H26F6O7S. The summed E-state index contributed by atoms with van der Waals surface area (Å²) in [6.07, 6.45) is -4.68. The predicted octanol–water partition coefficient (Wildman–Crippen LogP) is 7.32. The van der Waals surface area contributed by atoms with Crippen LogP contribution in [0, 0.1) is 13.8 Å². The number of alkyl halides is 6. The fraction of sp³-hybridized carbons (Fsp3) is 0.367. The van der Waals surface area contributed by atoms with Gasteiger partial charge in [0.1, 0.15) is 23.4 Å². The molecule has 44 heavy (non-hydrogen) atoms. The maximum Gasteiger partial charge on any atom is 0.534 e. The number of esters is 1. The standard InChI is InChI=1S/C30H26F6O7S/c1-15-10-19(43-44(38,39)30(34,35)36)11-16(2)27(15)28-22-7-9-24(21(22)6-8-23(28)29(31,32)33)42-18-4-5-20-17(12-26(37)40-3)14-41-25(20)13-18/h4-6,8,10-11,13,17,24H,7,9,12,14H2,1-3H3/t17-,24-/m1/s1. The van der Waals surface area contributed by atoms with Gasteiger partial charge < -0.3 is 18.4 Å². The van der Waals surface area contributed by atoms with Crippen LogP contribution >= 0.6 is 0 Å². The Hall–Kier alpha value is -3.94. The van der Waals surface area contributed by atoms with Gasteiger partial charge in [-0.15, -0.1) is 0 Å². The highest BCUT2D eigenvalue weighted by Gasteiger charge is 2.48. The lowest BCUT2D eigenvalue weighted by Gasteiger charge is -2.22. The van der Waals surface area contributed by atoms with Gasteiger partial charge in [0.15, 0.2) is 0 Å². The minimum atomic E-state index is -5.98. The van der Waals surface area contributed by atoms with Crippen molar-refractivity contribution in [2.75, 3.05) is 13.7 Å². The second kappa shape index (κ2) is 11.2. The number of hydrogen-bond acceptors (Lipinski definition) is 7. The third-order valence-electron chi connectivity index (χ3n) is 7.69. The minimum absolute atomic E-state index is 0.0953. The maximum absolute atomic E-state index is 14.3. The van der Waals surface area contributed by atoms with E-state index in [0.717, 1.165) is 23.8 Å². The topological polar surface area (TPSA) is 88.1 Å². The fourth-order valence-corrected chi connectivity index (χ4v) is 6.24. The molecule has 0 spiro atoms. The molecular weight excluding hydrogens is 618 g/mol. The van der Waals surface area contributed by atoms with Crippen molar-refractivity contribution in [3.05, 3.63) is 75.8 Å². The van der Waals surface area contributed by atoms with Gasteiger partial charge in [0.05, 0.1) is 25.7 Å². The van der Waals surface area contributed by atoms with E-state index in [-0.39, 0.29) is 53.6 Å². The maximum atomic E-state index is 14.3. The van der Waals surface area contributed by atoms with Gasteiger partial charge in [-0.3, -0.25) is 4.79 Å². The number of benzene rings is 3. The van der Waals surface area contributed by atoms with Crippen LogP contribution in [0.25, 0.3) is 11.1 Å². The SMILES string of the molecule is COC(=O)C[C@@H]1COc2cc(O[C@@H]3CCc4c3ccc(C(F)(F)F)c4-c3c(C)cc(OS(=O)(=O)C(F)(F)F)cc3C)ccc21. The third kappa shape index (κ3) is 5.91. The smallest absolute Gasteiger partial charge is 0.492 e. The number of aryl methyl sites for hydroxylation is 2. The molecule has 0 unspecified atom stereocenters. The first-order valence-corrected chi connectivity index (χ1v) is 14.8. The summed E-state index contributed by atoms with van der Waals surface area (Å²) in [4.78, 5) is 11.7. The monoisotopic (exact) mass is 644 g/mol. The summed E-state index contributed by atoms with van der Waals surface area (Å²) >= 11 is 0. The molecule has 0 fully saturated rings. The largest absolute Gasteiger partial charge is 0.534 e. The van der Waals surface area contributed by atoms with Crippen LogP contribution in [-0.4, -0.2) is 33.6 Å². The summed E-state index contributed by atoms with van der Waals surface area (Å²) in [6.45, 7) is 3.03. The quantitative estimate of drug-likeness (QED) is 0.115. The van der Waals surface area contributed by atoms with E-state index in [1.807, 2.05) is 0 Å². The van der Waals surface area contributed by atoms with Gasteiger partial charge in [0.2, 0.25) is 0 Å². The van der Waals surface area contributed by atoms with Gasteiger partial charge in [-0.2, -0.15) is 34.8 Å². The van der Waals surface area contributed by atoms with E-state index in [1.165, 1.54) is 27.0 Å². The molecule has 1 aliphatic heterocycles. The fourth-order valence-electron chi connectivity index (χ4n) is 5.80. The molecule has 14 heteroatoms. The zero-order chi connectivity index (χ0) is 32.2. The van der Waals surface area contributed by atoms with Crippen molar-refractivity contribution in [2.45, 2.75) is 56.8 Å². The van der Waals surface area contributed by atoms with Crippen LogP contribution in [0.4, 0.5) is 26.3 Å². The van der Waals surface area contributed by atoms with Crippen LogP contribution in [0.15, 0.2) is 42.5 Å². The van der Waals surface area contributed by atoms with E-state index in [4.69, 9.17) is 14.2 Å². The molecule has 0 saturated heterocycles. The molecule has 1 heterocycles. The Bertz CT molecular complexity index is 1710. The molecule has 3 aromatic rings. The number of halogens is 6. The van der Waals surface area contributed by atoms with Gasteiger partial charge in [-0.05, 0) is 84.3 Å². The number of hydrogen-bond donors (Lipinski definition) is 0. The zero-order valence-electron chi connectivity index (χ0n) is 23.6. The van der Waals surface area contributed by atoms with Crippen LogP contribution in [0.1, 0.15) is 58.2 Å². The van der Waals surface area contributed by atoms with Crippen LogP contribution < -0.4 is 13.7 Å². The van der Waals surface area contributed by atoms with E-state index >= 15 is 0 Å². The Kier molecular flexibility index (Phi) is 8.02. The minimum Gasteiger partial charge on any atom is -0.492 e. The molecule has 2 atom stereocenters. The highest BCUT2D eigenvalue weighted by Crippen LogP contribution is 2.49. The van der Waals surface area contributed by atoms with Crippen LogP contribution in [0.3, 0.4) is 0 Å². The Morgan fingerprint density at radius 1 is 0.932 bits per heavy atom. The first-order valence-electron chi connectivity index (χ1n) is 13.4. The molecule has 3 aromatic carbocycles. The highest BCUT2D eigenvalue weighted by atomic mass is 32.2. The van der Waals surface area contributed by atoms with Gasteiger partial charge in [-0.1, -0.05) is 12.1 Å². The van der Waals surface area contributed by atoms with Crippen molar-refractivity contribution in [3.8, 4) is 28.4 Å². The molecule has 0 aromatic heterocycles. The van der Waals surface area contributed by atoms with Gasteiger partial charge in [-0.25, -0.2) is 0 Å². The lowest BCUT2D eigenvalue weighted by molar-refractivity contribution is -0.141. The normalized spacial score (nSPS) is 17.9. The summed E-state index contributed by atoms with van der Waals surface area (Å²) in [5, 5.41) is 0. The second-order valence-electron chi connectivity index (χ2n) is 10.6. The molecule has 2 aliphatic rings. The van der Waals surface area contributed by atoms with Crippen LogP contribution in [-0.2, 0) is 32.2 Å². The first kappa shape index (κ1) is 31.5. The number of ether oxygens (including phenoxy) is 3. The van der Waals surface area contributed by atoms with Gasteiger partial charge in [0, 0.05) is 17.5 Å². The second-order valence-corrected chi connectivity index (χ2v) is 12.1. The van der Waals surface area contributed by atoms with Crippen molar-refractivity contribution < 1.29 is 57.9 Å². The molecule has 7 nitrogen and oxygen atoms in total. The van der Waals surface area contributed by atoms with Crippen molar-refractivity contribution in [1.82, 2.24) is 0 Å². The van der Waals surface area contributed by atoms with Crippen molar-refractivity contribution >= 4 is 16.1 Å². The summed E-state index contributed by atoms with van der Waals surface area (Å²) in [5.74, 6) is -0.275. The summed E-state index contributed by atoms with van der Waals surface area (Å²) < 4.78 is 125. The highest BCUT2D eigenvalue weighted by molar-refractivity contribution is 7.88. The van der Waals surface area contributed by atoms with E-state index in [9.17, 15) is 39.6 Å². The van der Waals surface area contributed by atoms with Crippen molar-refractivity contribution in [3.63, 3.8) is 0 Å². The summed E-state index contributed by atoms with van der Waals surface area (Å²) in [7, 11) is -4.68. The van der Waals surface area contributed by atoms with E-state index in [2.05, 4.69) is 4.18 Å². The first-order chi connectivity index (χ1) is 20.5. The van der Waals surface area contributed by atoms with Gasteiger partial charge in [0.25, 0.3) is 0 Å². The van der Waals surface area contributed by atoms with E-state index in [1.54, 1.807) is 18.2 Å². The molecule has 5 rings (SSSR count). The van der Waals surface area contributed by atoms with Crippen molar-refractivity contribution in [2.24, 2.45) is 0 Å². The number of rotatable bonds is 7. The average molecular weight is 645 g/mol. The predicted molar refractivity (Wildman–Crippen MR) is 145 cm³/mol. The van der Waals surface area contributed by atoms with E-state index < -0.39 is 39.2 Å². The molecule has 0 N–H and O–H groups in total. The van der Waals surface area contributed by atoms with Gasteiger partial charge >= 0.3 is 27.8 Å². The lowest BCUT2D eigenvalue weighted by atomic mass is 9.86. The molecule has 0 bridgehead atoms. The molecule has 236 valence electrons. The summed E-state index contributed by atoms with van der Waals surface area (Å²) in [6, 6.07) is 9.36. The Balaban J connectivity index is 1.50. The zero-order valence-corrected chi connectivity index (χ0v) is 24.4. The van der Waals surface area contributed by atoms with E-state index in [0.29, 0.717) is 29.0 Å². The Morgan fingerprint density at radius 3 is 2.20 bits per heavy atom. The average Bonchev–Trinajstić information content (AvgIpc) is 3.50. The molecule has 0 saturated carbocycles. The van der Waals surface area contributed by atoms with Crippen LogP contribution in [0.2, 0.25) is 0 Å². The van der Waals surface area contributed by atoms with Crippen LogP contribution in [0.5, 0.6) is 17.2 Å². The van der Waals surface area contributed by atoms with Crippen molar-refractivity contribution in [1.29, 1.82) is 0 Å². The number of carbonyl (C=O) groups is 1. The number of carbonyl (C=O) groups excluding carboxylic acids is 1. The summed E-state index contributed by atoms with van der Waals surface area (Å²) in [5.41, 5.74) is -4.79. The third-order valence-corrected chi connectivity index (χ3v) is 8.67. The Labute approximate surface area is 248 Å². The number of fused-ring (bicyclic) bond motifs is 2. The lowest BCUT2D eigenvalue weighted by Crippen LogP contribution is -2.28. The molecule has 1 aliphatic carbocycles. The number of methoxy groups -OCH3 is 1. The molecule has 0 amide bonds.